The molecule has 1 aromatic heterocycles. The minimum atomic E-state index is -0.464. The Hall–Kier alpha value is -2.14. The number of carbonyl (C=O) groups is 2. The molecule has 4 nitrogen and oxygen atoms in total. The molecule has 1 aromatic carbocycles. The highest BCUT2D eigenvalue weighted by molar-refractivity contribution is 7.13. The zero-order valence-corrected chi connectivity index (χ0v) is 13.8. The SMILES string of the molecule is CCc1cccc(C)c1NC(=O)COC(=O)c1ccc(C)s1. The predicted molar refractivity (Wildman–Crippen MR) is 88.5 cm³/mol. The van der Waals surface area contributed by atoms with Gasteiger partial charge in [-0.15, -0.1) is 11.3 Å². The molecule has 0 saturated carbocycles. The van der Waals surface area contributed by atoms with E-state index < -0.39 is 5.97 Å². The van der Waals surface area contributed by atoms with E-state index in [9.17, 15) is 9.59 Å². The van der Waals surface area contributed by atoms with Gasteiger partial charge in [0.2, 0.25) is 0 Å². The smallest absolute Gasteiger partial charge is 0.348 e. The van der Waals surface area contributed by atoms with Gasteiger partial charge in [-0.25, -0.2) is 4.79 Å². The van der Waals surface area contributed by atoms with E-state index in [-0.39, 0.29) is 12.5 Å². The topological polar surface area (TPSA) is 55.4 Å². The summed E-state index contributed by atoms with van der Waals surface area (Å²) in [5.74, 6) is -0.792. The van der Waals surface area contributed by atoms with Crippen molar-refractivity contribution in [2.75, 3.05) is 11.9 Å². The third-order valence-electron chi connectivity index (χ3n) is 3.28. The summed E-state index contributed by atoms with van der Waals surface area (Å²) in [5, 5.41) is 2.83. The Morgan fingerprint density at radius 1 is 1.18 bits per heavy atom. The molecule has 0 aliphatic rings. The highest BCUT2D eigenvalue weighted by atomic mass is 32.1. The number of ether oxygens (including phenoxy) is 1. The number of amides is 1. The minimum absolute atomic E-state index is 0.284. The van der Waals surface area contributed by atoms with Gasteiger partial charge < -0.3 is 10.1 Å². The van der Waals surface area contributed by atoms with E-state index in [2.05, 4.69) is 5.32 Å². The number of carbonyl (C=O) groups excluding carboxylic acids is 2. The number of thiophene rings is 1. The second kappa shape index (κ2) is 7.22. The van der Waals surface area contributed by atoms with Gasteiger partial charge in [-0.1, -0.05) is 25.1 Å². The van der Waals surface area contributed by atoms with Crippen LogP contribution in [0.25, 0.3) is 0 Å². The lowest BCUT2D eigenvalue weighted by molar-refractivity contribution is -0.119. The van der Waals surface area contributed by atoms with Crippen molar-refractivity contribution in [1.82, 2.24) is 0 Å². The van der Waals surface area contributed by atoms with Crippen LogP contribution in [0.3, 0.4) is 0 Å². The summed E-state index contributed by atoms with van der Waals surface area (Å²) < 4.78 is 5.05. The minimum Gasteiger partial charge on any atom is -0.451 e. The standard InChI is InChI=1S/C17H19NO3S/c1-4-13-7-5-6-11(2)16(13)18-15(19)10-21-17(20)14-9-8-12(3)22-14/h5-9H,4,10H2,1-3H3,(H,18,19). The highest BCUT2D eigenvalue weighted by Gasteiger charge is 2.13. The summed E-state index contributed by atoms with van der Waals surface area (Å²) in [5.41, 5.74) is 2.86. The lowest BCUT2D eigenvalue weighted by Crippen LogP contribution is -2.21. The zero-order chi connectivity index (χ0) is 16.1. The van der Waals surface area contributed by atoms with Gasteiger partial charge in [-0.2, -0.15) is 0 Å². The molecule has 1 amide bonds. The fourth-order valence-electron chi connectivity index (χ4n) is 2.12. The number of hydrogen-bond donors (Lipinski definition) is 1. The number of esters is 1. The molecule has 0 spiro atoms. The van der Waals surface area contributed by atoms with Crippen molar-refractivity contribution in [3.05, 3.63) is 51.2 Å². The van der Waals surface area contributed by atoms with Gasteiger partial charge in [0, 0.05) is 10.6 Å². The third-order valence-corrected chi connectivity index (χ3v) is 4.26. The molecule has 0 atom stereocenters. The largest absolute Gasteiger partial charge is 0.451 e. The Balaban J connectivity index is 1.95. The molecule has 116 valence electrons. The van der Waals surface area contributed by atoms with Crippen molar-refractivity contribution >= 4 is 28.9 Å². The number of nitrogens with one attached hydrogen (secondary N) is 1. The third kappa shape index (κ3) is 3.95. The molecule has 0 radical (unpaired) electrons. The van der Waals surface area contributed by atoms with E-state index in [0.717, 1.165) is 28.1 Å². The lowest BCUT2D eigenvalue weighted by atomic mass is 10.1. The van der Waals surface area contributed by atoms with Gasteiger partial charge in [-0.3, -0.25) is 4.79 Å². The molecule has 1 heterocycles. The first kappa shape index (κ1) is 16.2. The average Bonchev–Trinajstić information content (AvgIpc) is 2.93. The van der Waals surface area contributed by atoms with Crippen LogP contribution in [0.15, 0.2) is 30.3 Å². The maximum Gasteiger partial charge on any atom is 0.348 e. The van der Waals surface area contributed by atoms with Crippen LogP contribution < -0.4 is 5.32 Å². The van der Waals surface area contributed by atoms with Crippen LogP contribution in [-0.4, -0.2) is 18.5 Å². The fourth-order valence-corrected chi connectivity index (χ4v) is 2.89. The normalized spacial score (nSPS) is 10.3. The second-order valence-electron chi connectivity index (χ2n) is 5.00. The van der Waals surface area contributed by atoms with Gasteiger partial charge >= 0.3 is 5.97 Å². The number of rotatable bonds is 5. The first-order valence-electron chi connectivity index (χ1n) is 7.13. The van der Waals surface area contributed by atoms with Gasteiger partial charge in [-0.05, 0) is 43.5 Å². The summed E-state index contributed by atoms with van der Waals surface area (Å²) in [6.45, 7) is 5.60. The highest BCUT2D eigenvalue weighted by Crippen LogP contribution is 2.21. The van der Waals surface area contributed by atoms with Crippen LogP contribution in [0.1, 0.15) is 32.6 Å². The molecule has 0 aliphatic heterocycles. The first-order valence-corrected chi connectivity index (χ1v) is 7.94. The maximum absolute atomic E-state index is 12.0. The Kier molecular flexibility index (Phi) is 5.33. The van der Waals surface area contributed by atoms with Crippen molar-refractivity contribution < 1.29 is 14.3 Å². The van der Waals surface area contributed by atoms with E-state index in [1.54, 1.807) is 6.07 Å². The maximum atomic E-state index is 12.0. The molecule has 0 unspecified atom stereocenters. The van der Waals surface area contributed by atoms with Gasteiger partial charge in [0.15, 0.2) is 6.61 Å². The molecular weight excluding hydrogens is 298 g/mol. The molecule has 0 aliphatic carbocycles. The average molecular weight is 317 g/mol. The van der Waals surface area contributed by atoms with E-state index in [1.165, 1.54) is 11.3 Å². The van der Waals surface area contributed by atoms with Crippen molar-refractivity contribution in [3.8, 4) is 0 Å². The molecular formula is C17H19NO3S. The van der Waals surface area contributed by atoms with Crippen LogP contribution in [0.2, 0.25) is 0 Å². The van der Waals surface area contributed by atoms with Crippen LogP contribution in [0.4, 0.5) is 5.69 Å². The van der Waals surface area contributed by atoms with Gasteiger partial charge in [0.1, 0.15) is 4.88 Å². The quantitative estimate of drug-likeness (QED) is 0.855. The van der Waals surface area contributed by atoms with Crippen molar-refractivity contribution in [3.63, 3.8) is 0 Å². The van der Waals surface area contributed by atoms with Crippen LogP contribution in [-0.2, 0) is 16.0 Å². The summed E-state index contributed by atoms with van der Waals surface area (Å²) >= 11 is 1.35. The summed E-state index contributed by atoms with van der Waals surface area (Å²) in [6.07, 6.45) is 0.825. The number of aryl methyl sites for hydroxylation is 3. The molecule has 22 heavy (non-hydrogen) atoms. The van der Waals surface area contributed by atoms with Crippen molar-refractivity contribution in [2.45, 2.75) is 27.2 Å². The zero-order valence-electron chi connectivity index (χ0n) is 12.9. The van der Waals surface area contributed by atoms with E-state index in [0.29, 0.717) is 4.88 Å². The second-order valence-corrected chi connectivity index (χ2v) is 6.29. The molecule has 0 saturated heterocycles. The molecule has 5 heteroatoms. The Labute approximate surface area is 134 Å². The van der Waals surface area contributed by atoms with Gasteiger partial charge in [0.25, 0.3) is 5.91 Å². The molecule has 1 N–H and O–H groups in total. The van der Waals surface area contributed by atoms with Crippen molar-refractivity contribution in [1.29, 1.82) is 0 Å². The van der Waals surface area contributed by atoms with E-state index in [1.807, 2.05) is 45.0 Å². The Bertz CT molecular complexity index is 691. The van der Waals surface area contributed by atoms with Crippen LogP contribution >= 0.6 is 11.3 Å². The Morgan fingerprint density at radius 2 is 1.95 bits per heavy atom. The van der Waals surface area contributed by atoms with Crippen molar-refractivity contribution in [2.24, 2.45) is 0 Å². The fraction of sp³-hybridized carbons (Fsp3) is 0.294. The summed E-state index contributed by atoms with van der Waals surface area (Å²) in [4.78, 5) is 25.3. The lowest BCUT2D eigenvalue weighted by Gasteiger charge is -2.12. The number of para-hydroxylation sites is 1. The molecule has 2 aromatic rings. The molecule has 0 fully saturated rings. The van der Waals surface area contributed by atoms with Gasteiger partial charge in [0.05, 0.1) is 0 Å². The molecule has 0 bridgehead atoms. The van der Waals surface area contributed by atoms with E-state index >= 15 is 0 Å². The van der Waals surface area contributed by atoms with Crippen LogP contribution in [0, 0.1) is 13.8 Å². The Morgan fingerprint density at radius 3 is 2.59 bits per heavy atom. The van der Waals surface area contributed by atoms with Crippen LogP contribution in [0.5, 0.6) is 0 Å². The molecule has 2 rings (SSSR count). The number of benzene rings is 1. The number of anilines is 1. The summed E-state index contributed by atoms with van der Waals surface area (Å²) in [6, 6.07) is 9.43. The summed E-state index contributed by atoms with van der Waals surface area (Å²) in [7, 11) is 0. The monoisotopic (exact) mass is 317 g/mol. The first-order chi connectivity index (χ1) is 10.5. The predicted octanol–water partition coefficient (Wildman–Crippen LogP) is 3.72. The number of hydrogen-bond acceptors (Lipinski definition) is 4. The van der Waals surface area contributed by atoms with E-state index in [4.69, 9.17) is 4.74 Å².